The van der Waals surface area contributed by atoms with Gasteiger partial charge in [0.2, 0.25) is 5.91 Å². The number of carbonyl (C=O) groups excluding carboxylic acids is 1. The van der Waals surface area contributed by atoms with Gasteiger partial charge in [0, 0.05) is 30.7 Å². The quantitative estimate of drug-likeness (QED) is 0.836. The van der Waals surface area contributed by atoms with Crippen molar-refractivity contribution in [3.05, 3.63) is 58.5 Å². The Morgan fingerprint density at radius 3 is 2.95 bits per heavy atom. The van der Waals surface area contributed by atoms with Gasteiger partial charge in [0.15, 0.2) is 0 Å². The second kappa shape index (κ2) is 8.07. The number of aryl methyl sites for hydroxylation is 1. The number of hydrogen-bond donors (Lipinski definition) is 1. The van der Waals surface area contributed by atoms with Crippen LogP contribution in [0.15, 0.2) is 41.7 Å². The summed E-state index contributed by atoms with van der Waals surface area (Å²) >= 11 is 0. The Kier molecular flexibility index (Phi) is 5.82. The molecule has 1 amide bonds. The molecule has 22 heavy (non-hydrogen) atoms. The van der Waals surface area contributed by atoms with E-state index in [0.717, 1.165) is 30.5 Å². The van der Waals surface area contributed by atoms with Gasteiger partial charge in [-0.2, -0.15) is 0 Å². The van der Waals surface area contributed by atoms with Crippen LogP contribution >= 0.6 is 0 Å². The molecule has 0 atom stereocenters. The van der Waals surface area contributed by atoms with E-state index >= 15 is 0 Å². The molecule has 0 aliphatic heterocycles. The van der Waals surface area contributed by atoms with Crippen LogP contribution in [0.3, 0.4) is 0 Å². The molecule has 0 bridgehead atoms. The van der Waals surface area contributed by atoms with Crippen LogP contribution in [0.5, 0.6) is 0 Å². The zero-order valence-corrected chi connectivity index (χ0v) is 12.7. The molecule has 2 rings (SSSR count). The van der Waals surface area contributed by atoms with E-state index in [1.165, 1.54) is 17.0 Å². The van der Waals surface area contributed by atoms with Crippen LogP contribution in [0.25, 0.3) is 0 Å². The molecule has 2 heterocycles. The number of hydrogen-bond acceptors (Lipinski definition) is 4. The summed E-state index contributed by atoms with van der Waals surface area (Å²) < 4.78 is 1.31. The monoisotopic (exact) mass is 300 g/mol. The summed E-state index contributed by atoms with van der Waals surface area (Å²) in [5.41, 5.74) is 1.49. The second-order valence-electron chi connectivity index (χ2n) is 5.09. The maximum absolute atomic E-state index is 11.9. The maximum atomic E-state index is 11.9. The topological polar surface area (TPSA) is 76.9 Å². The van der Waals surface area contributed by atoms with Gasteiger partial charge >= 0.3 is 0 Å². The van der Waals surface area contributed by atoms with Gasteiger partial charge in [0.05, 0.1) is 6.33 Å². The van der Waals surface area contributed by atoms with Gasteiger partial charge in [-0.3, -0.25) is 19.1 Å². The van der Waals surface area contributed by atoms with Gasteiger partial charge in [0.1, 0.15) is 6.54 Å². The lowest BCUT2D eigenvalue weighted by atomic mass is 10.2. The molecular weight excluding hydrogens is 280 g/mol. The lowest BCUT2D eigenvalue weighted by Gasteiger charge is -2.07. The summed E-state index contributed by atoms with van der Waals surface area (Å²) in [6, 6.07) is 5.19. The van der Waals surface area contributed by atoms with E-state index in [1.54, 1.807) is 12.4 Å². The van der Waals surface area contributed by atoms with Gasteiger partial charge in [-0.1, -0.05) is 19.4 Å². The molecule has 6 nitrogen and oxygen atoms in total. The molecule has 2 aromatic rings. The normalized spacial score (nSPS) is 10.4. The van der Waals surface area contributed by atoms with Crippen molar-refractivity contribution >= 4 is 5.91 Å². The SMILES string of the molecule is CCCCc1cc(=O)n(CC(=O)NCc2cccnc2)cn1. The fourth-order valence-corrected chi connectivity index (χ4v) is 1.99. The lowest BCUT2D eigenvalue weighted by Crippen LogP contribution is -2.32. The minimum Gasteiger partial charge on any atom is -0.350 e. The van der Waals surface area contributed by atoms with Gasteiger partial charge in [0.25, 0.3) is 5.56 Å². The van der Waals surface area contributed by atoms with E-state index in [2.05, 4.69) is 22.2 Å². The average molecular weight is 300 g/mol. The van der Waals surface area contributed by atoms with Gasteiger partial charge in [-0.15, -0.1) is 0 Å². The molecule has 0 aliphatic rings. The first kappa shape index (κ1) is 15.9. The Morgan fingerprint density at radius 1 is 1.41 bits per heavy atom. The van der Waals surface area contributed by atoms with Crippen LogP contribution in [0.1, 0.15) is 31.0 Å². The van der Waals surface area contributed by atoms with E-state index in [1.807, 2.05) is 12.1 Å². The first-order valence-electron chi connectivity index (χ1n) is 7.40. The summed E-state index contributed by atoms with van der Waals surface area (Å²) in [5, 5.41) is 2.76. The standard InChI is InChI=1S/C16H20N4O2/c1-2-3-6-14-8-16(22)20(12-19-14)11-15(21)18-10-13-5-4-7-17-9-13/h4-5,7-9,12H,2-3,6,10-11H2,1H3,(H,18,21). The van der Waals surface area contributed by atoms with Gasteiger partial charge < -0.3 is 5.32 Å². The van der Waals surface area contributed by atoms with Crippen LogP contribution in [-0.4, -0.2) is 20.4 Å². The summed E-state index contributed by atoms with van der Waals surface area (Å²) in [5.74, 6) is -0.228. The highest BCUT2D eigenvalue weighted by atomic mass is 16.2. The fraction of sp³-hybridized carbons (Fsp3) is 0.375. The Bertz CT molecular complexity index is 667. The van der Waals surface area contributed by atoms with E-state index in [0.29, 0.717) is 6.54 Å². The zero-order chi connectivity index (χ0) is 15.8. The van der Waals surface area contributed by atoms with Crippen molar-refractivity contribution in [2.24, 2.45) is 0 Å². The van der Waals surface area contributed by atoms with Gasteiger partial charge in [-0.25, -0.2) is 4.98 Å². The molecular formula is C16H20N4O2. The van der Waals surface area contributed by atoms with Crippen molar-refractivity contribution in [1.82, 2.24) is 19.9 Å². The molecule has 0 radical (unpaired) electrons. The number of pyridine rings is 1. The van der Waals surface area contributed by atoms with Crippen molar-refractivity contribution in [1.29, 1.82) is 0 Å². The minimum absolute atomic E-state index is 0.0276. The van der Waals surface area contributed by atoms with E-state index in [4.69, 9.17) is 0 Å². The number of unbranched alkanes of at least 4 members (excludes halogenated alkanes) is 1. The molecule has 0 spiro atoms. The molecule has 0 aliphatic carbocycles. The van der Waals surface area contributed by atoms with Crippen LogP contribution in [-0.2, 0) is 24.3 Å². The number of nitrogens with one attached hydrogen (secondary N) is 1. The first-order chi connectivity index (χ1) is 10.7. The average Bonchev–Trinajstić information content (AvgIpc) is 2.54. The Morgan fingerprint density at radius 2 is 2.27 bits per heavy atom. The second-order valence-corrected chi connectivity index (χ2v) is 5.09. The number of carbonyl (C=O) groups is 1. The summed E-state index contributed by atoms with van der Waals surface area (Å²) in [4.78, 5) is 32.0. The van der Waals surface area contributed by atoms with Crippen LogP contribution in [0.2, 0.25) is 0 Å². The van der Waals surface area contributed by atoms with Crippen LogP contribution in [0, 0.1) is 0 Å². The summed E-state index contributed by atoms with van der Waals surface area (Å²) in [6.45, 7) is 2.46. The summed E-state index contributed by atoms with van der Waals surface area (Å²) in [7, 11) is 0. The van der Waals surface area contributed by atoms with E-state index in [-0.39, 0.29) is 18.0 Å². The molecule has 0 saturated heterocycles. The van der Waals surface area contributed by atoms with E-state index < -0.39 is 0 Å². The number of amides is 1. The Balaban J connectivity index is 1.90. The number of rotatable bonds is 7. The smallest absolute Gasteiger partial charge is 0.253 e. The Labute approximate surface area is 129 Å². The molecule has 116 valence electrons. The Hall–Kier alpha value is -2.50. The third-order valence-electron chi connectivity index (χ3n) is 3.25. The highest BCUT2D eigenvalue weighted by molar-refractivity contribution is 5.75. The predicted octanol–water partition coefficient (Wildman–Crippen LogP) is 1.30. The van der Waals surface area contributed by atoms with Crippen molar-refractivity contribution in [2.75, 3.05) is 0 Å². The molecule has 0 saturated carbocycles. The molecule has 1 N–H and O–H groups in total. The third kappa shape index (κ3) is 4.80. The molecule has 0 aromatic carbocycles. The minimum atomic E-state index is -0.228. The maximum Gasteiger partial charge on any atom is 0.253 e. The van der Waals surface area contributed by atoms with Crippen LogP contribution < -0.4 is 10.9 Å². The van der Waals surface area contributed by atoms with Crippen molar-refractivity contribution in [2.45, 2.75) is 39.3 Å². The number of nitrogens with zero attached hydrogens (tertiary/aromatic N) is 3. The zero-order valence-electron chi connectivity index (χ0n) is 12.7. The first-order valence-corrected chi connectivity index (χ1v) is 7.40. The van der Waals surface area contributed by atoms with Crippen molar-refractivity contribution < 1.29 is 4.79 Å². The highest BCUT2D eigenvalue weighted by Crippen LogP contribution is 1.98. The predicted molar refractivity (Wildman–Crippen MR) is 83.2 cm³/mol. The lowest BCUT2D eigenvalue weighted by molar-refractivity contribution is -0.121. The van der Waals surface area contributed by atoms with Crippen LogP contribution in [0.4, 0.5) is 0 Å². The van der Waals surface area contributed by atoms with Gasteiger partial charge in [-0.05, 0) is 24.5 Å². The van der Waals surface area contributed by atoms with Crippen molar-refractivity contribution in [3.63, 3.8) is 0 Å². The van der Waals surface area contributed by atoms with Crippen molar-refractivity contribution in [3.8, 4) is 0 Å². The summed E-state index contributed by atoms with van der Waals surface area (Å²) in [6.07, 6.45) is 7.66. The fourth-order valence-electron chi connectivity index (χ4n) is 1.99. The highest BCUT2D eigenvalue weighted by Gasteiger charge is 2.06. The largest absolute Gasteiger partial charge is 0.350 e. The van der Waals surface area contributed by atoms with E-state index in [9.17, 15) is 9.59 Å². The third-order valence-corrected chi connectivity index (χ3v) is 3.25. The molecule has 0 fully saturated rings. The molecule has 2 aromatic heterocycles. The molecule has 0 unspecified atom stereocenters. The number of aromatic nitrogens is 3. The molecule has 6 heteroatoms.